The Kier molecular flexibility index (Phi) is 3.28. The Hall–Kier alpha value is -2.14. The first-order chi connectivity index (χ1) is 9.70. The number of nitrogens with zero attached hydrogens (tertiary/aromatic N) is 3. The van der Waals surface area contributed by atoms with Gasteiger partial charge in [0.05, 0.1) is 5.69 Å². The summed E-state index contributed by atoms with van der Waals surface area (Å²) in [6.45, 7) is 4.20. The Morgan fingerprint density at radius 2 is 2.10 bits per heavy atom. The molecule has 0 saturated carbocycles. The highest BCUT2D eigenvalue weighted by Gasteiger charge is 2.14. The van der Waals surface area contributed by atoms with E-state index in [2.05, 4.69) is 45.1 Å². The van der Waals surface area contributed by atoms with Gasteiger partial charge in [-0.15, -0.1) is 11.3 Å². The van der Waals surface area contributed by atoms with Gasteiger partial charge in [-0.1, -0.05) is 6.07 Å². The number of nitrogens with one attached hydrogen (secondary N) is 1. The standard InChI is InChI=1S/C15H16N4S/c1-10-8-12(13-9-20-15(16-3)18-13)11(2)19(10)14-6-4-5-7-17-14/h4-9H,1-3H3,(H,16,18). The van der Waals surface area contributed by atoms with Crippen LogP contribution in [0.15, 0.2) is 35.8 Å². The molecule has 0 fully saturated rings. The van der Waals surface area contributed by atoms with Crippen molar-refractivity contribution >= 4 is 16.5 Å². The maximum atomic E-state index is 4.58. The van der Waals surface area contributed by atoms with Gasteiger partial charge in [-0.05, 0) is 32.0 Å². The highest BCUT2D eigenvalue weighted by Crippen LogP contribution is 2.30. The molecule has 0 aliphatic carbocycles. The zero-order valence-electron chi connectivity index (χ0n) is 11.7. The first kappa shape index (κ1) is 12.9. The number of aromatic nitrogens is 3. The summed E-state index contributed by atoms with van der Waals surface area (Å²) in [4.78, 5) is 9.01. The number of anilines is 1. The van der Waals surface area contributed by atoms with Crippen molar-refractivity contribution in [3.8, 4) is 17.1 Å². The van der Waals surface area contributed by atoms with E-state index in [0.717, 1.165) is 33.6 Å². The van der Waals surface area contributed by atoms with Gasteiger partial charge < -0.3 is 9.88 Å². The van der Waals surface area contributed by atoms with Crippen molar-refractivity contribution in [2.24, 2.45) is 0 Å². The van der Waals surface area contributed by atoms with Crippen LogP contribution < -0.4 is 5.32 Å². The molecule has 3 aromatic rings. The Bertz CT molecular complexity index is 728. The molecule has 3 heterocycles. The Morgan fingerprint density at radius 3 is 2.75 bits per heavy atom. The summed E-state index contributed by atoms with van der Waals surface area (Å²) in [7, 11) is 1.89. The topological polar surface area (TPSA) is 42.7 Å². The molecule has 0 radical (unpaired) electrons. The molecular formula is C15H16N4S. The molecule has 0 bridgehead atoms. The normalized spacial score (nSPS) is 10.8. The molecule has 0 amide bonds. The lowest BCUT2D eigenvalue weighted by Crippen LogP contribution is -2.01. The summed E-state index contributed by atoms with van der Waals surface area (Å²) in [5.74, 6) is 0.942. The number of rotatable bonds is 3. The third-order valence-corrected chi connectivity index (χ3v) is 4.16. The third kappa shape index (κ3) is 2.10. The van der Waals surface area contributed by atoms with Crippen molar-refractivity contribution in [1.82, 2.24) is 14.5 Å². The van der Waals surface area contributed by atoms with Crippen LogP contribution >= 0.6 is 11.3 Å². The summed E-state index contributed by atoms with van der Waals surface area (Å²) in [5.41, 5.74) is 4.49. The fourth-order valence-electron chi connectivity index (χ4n) is 2.37. The van der Waals surface area contributed by atoms with Crippen molar-refractivity contribution in [2.45, 2.75) is 13.8 Å². The minimum Gasteiger partial charge on any atom is -0.365 e. The molecule has 0 aliphatic rings. The largest absolute Gasteiger partial charge is 0.365 e. The van der Waals surface area contributed by atoms with E-state index in [-0.39, 0.29) is 0 Å². The third-order valence-electron chi connectivity index (χ3n) is 3.30. The molecule has 0 aliphatic heterocycles. The van der Waals surface area contributed by atoms with Crippen LogP contribution in [-0.4, -0.2) is 21.6 Å². The second-order valence-corrected chi connectivity index (χ2v) is 5.45. The van der Waals surface area contributed by atoms with Crippen LogP contribution in [0, 0.1) is 13.8 Å². The molecule has 0 aromatic carbocycles. The molecule has 1 N–H and O–H groups in total. The molecule has 20 heavy (non-hydrogen) atoms. The number of hydrogen-bond acceptors (Lipinski definition) is 4. The second kappa shape index (κ2) is 5.09. The molecule has 0 unspecified atom stereocenters. The predicted octanol–water partition coefficient (Wildman–Crippen LogP) is 3.65. The molecular weight excluding hydrogens is 268 g/mol. The average molecular weight is 284 g/mol. The fraction of sp³-hybridized carbons (Fsp3) is 0.200. The minimum absolute atomic E-state index is 0.933. The van der Waals surface area contributed by atoms with Crippen LogP contribution in [0.5, 0.6) is 0 Å². The Balaban J connectivity index is 2.11. The molecule has 0 spiro atoms. The zero-order chi connectivity index (χ0) is 14.1. The van der Waals surface area contributed by atoms with Gasteiger partial charge in [0, 0.05) is 35.6 Å². The lowest BCUT2D eigenvalue weighted by atomic mass is 10.2. The number of aryl methyl sites for hydroxylation is 1. The van der Waals surface area contributed by atoms with E-state index in [1.165, 1.54) is 0 Å². The summed E-state index contributed by atoms with van der Waals surface area (Å²) >= 11 is 1.62. The highest BCUT2D eigenvalue weighted by molar-refractivity contribution is 7.14. The van der Waals surface area contributed by atoms with Crippen molar-refractivity contribution in [3.05, 3.63) is 47.2 Å². The SMILES string of the molecule is CNc1nc(-c2cc(C)n(-c3ccccn3)c2C)cs1. The molecule has 0 atom stereocenters. The summed E-state index contributed by atoms with van der Waals surface area (Å²) < 4.78 is 2.16. The first-order valence-electron chi connectivity index (χ1n) is 6.44. The maximum Gasteiger partial charge on any atom is 0.182 e. The molecule has 5 heteroatoms. The van der Waals surface area contributed by atoms with Gasteiger partial charge in [0.2, 0.25) is 0 Å². The van der Waals surface area contributed by atoms with Crippen LogP contribution in [-0.2, 0) is 0 Å². The van der Waals surface area contributed by atoms with E-state index >= 15 is 0 Å². The van der Waals surface area contributed by atoms with Crippen LogP contribution in [0.2, 0.25) is 0 Å². The number of pyridine rings is 1. The second-order valence-electron chi connectivity index (χ2n) is 4.60. The first-order valence-corrected chi connectivity index (χ1v) is 7.32. The molecule has 4 nitrogen and oxygen atoms in total. The van der Waals surface area contributed by atoms with Gasteiger partial charge in [-0.2, -0.15) is 0 Å². The van der Waals surface area contributed by atoms with E-state index in [1.807, 2.05) is 31.4 Å². The smallest absolute Gasteiger partial charge is 0.182 e. The van der Waals surface area contributed by atoms with Gasteiger partial charge >= 0.3 is 0 Å². The van der Waals surface area contributed by atoms with Crippen LogP contribution in [0.3, 0.4) is 0 Å². The van der Waals surface area contributed by atoms with E-state index in [4.69, 9.17) is 0 Å². The van der Waals surface area contributed by atoms with Crippen LogP contribution in [0.25, 0.3) is 17.1 Å². The highest BCUT2D eigenvalue weighted by atomic mass is 32.1. The van der Waals surface area contributed by atoms with Gasteiger partial charge in [0.15, 0.2) is 5.13 Å². The summed E-state index contributed by atoms with van der Waals surface area (Å²) in [6.07, 6.45) is 1.82. The lowest BCUT2D eigenvalue weighted by molar-refractivity contribution is 0.923. The van der Waals surface area contributed by atoms with Gasteiger partial charge in [-0.25, -0.2) is 9.97 Å². The van der Waals surface area contributed by atoms with E-state index in [9.17, 15) is 0 Å². The van der Waals surface area contributed by atoms with Crippen molar-refractivity contribution < 1.29 is 0 Å². The van der Waals surface area contributed by atoms with Crippen molar-refractivity contribution in [3.63, 3.8) is 0 Å². The predicted molar refractivity (Wildman–Crippen MR) is 83.7 cm³/mol. The fourth-order valence-corrected chi connectivity index (χ4v) is 3.04. The number of hydrogen-bond donors (Lipinski definition) is 1. The van der Waals surface area contributed by atoms with E-state index < -0.39 is 0 Å². The lowest BCUT2D eigenvalue weighted by Gasteiger charge is -2.07. The summed E-state index contributed by atoms with van der Waals surface area (Å²) in [6, 6.07) is 8.11. The summed E-state index contributed by atoms with van der Waals surface area (Å²) in [5, 5.41) is 6.09. The minimum atomic E-state index is 0.933. The van der Waals surface area contributed by atoms with Crippen LogP contribution in [0.1, 0.15) is 11.4 Å². The van der Waals surface area contributed by atoms with Crippen LogP contribution in [0.4, 0.5) is 5.13 Å². The van der Waals surface area contributed by atoms with Crippen molar-refractivity contribution in [1.29, 1.82) is 0 Å². The maximum absolute atomic E-state index is 4.58. The van der Waals surface area contributed by atoms with Gasteiger partial charge in [0.25, 0.3) is 0 Å². The van der Waals surface area contributed by atoms with Crippen molar-refractivity contribution in [2.75, 3.05) is 12.4 Å². The monoisotopic (exact) mass is 284 g/mol. The van der Waals surface area contributed by atoms with Gasteiger partial charge in [0.1, 0.15) is 5.82 Å². The molecule has 0 saturated heterocycles. The van der Waals surface area contributed by atoms with Gasteiger partial charge in [-0.3, -0.25) is 0 Å². The average Bonchev–Trinajstić information content (AvgIpc) is 3.04. The molecule has 102 valence electrons. The van der Waals surface area contributed by atoms with E-state index in [1.54, 1.807) is 11.3 Å². The quantitative estimate of drug-likeness (QED) is 0.798. The molecule has 3 aromatic heterocycles. The van der Waals surface area contributed by atoms with E-state index in [0.29, 0.717) is 0 Å². The Morgan fingerprint density at radius 1 is 1.25 bits per heavy atom. The zero-order valence-corrected chi connectivity index (χ0v) is 12.5. The molecule has 3 rings (SSSR count). The Labute approximate surface area is 122 Å². The number of thiazole rings is 1.